The van der Waals surface area contributed by atoms with E-state index >= 15 is 0 Å². The maximum absolute atomic E-state index is 13.0. The molecule has 2 heterocycles. The zero-order chi connectivity index (χ0) is 27.5. The first-order valence-electron chi connectivity index (χ1n) is 13.2. The number of fused-ring (bicyclic) bond motifs is 1. The van der Waals surface area contributed by atoms with Crippen molar-refractivity contribution in [2.75, 3.05) is 20.2 Å². The molecule has 5 rings (SSSR count). The summed E-state index contributed by atoms with van der Waals surface area (Å²) in [6.45, 7) is 4.86. The number of methoxy groups -OCH3 is 1. The van der Waals surface area contributed by atoms with E-state index in [1.165, 1.54) is 7.11 Å². The van der Waals surface area contributed by atoms with Crippen LogP contribution in [0.4, 0.5) is 4.79 Å². The minimum Gasteiger partial charge on any atom is -0.490 e. The Labute approximate surface area is 226 Å². The molecule has 2 amide bonds. The van der Waals surface area contributed by atoms with Gasteiger partial charge in [-0.05, 0) is 68.9 Å². The molecule has 0 spiro atoms. The SMILES string of the molecule is COC(=O)C1CCN(C(=O)N[C@@H]2CCc3c(-c4noc(-c5ccc(OC(C)C)c(C#N)c5)n4)cccc32)CC1. The van der Waals surface area contributed by atoms with E-state index in [4.69, 9.17) is 14.0 Å². The van der Waals surface area contributed by atoms with Gasteiger partial charge in [-0.2, -0.15) is 10.2 Å². The van der Waals surface area contributed by atoms with Crippen LogP contribution in [-0.4, -0.2) is 53.3 Å². The van der Waals surface area contributed by atoms with Gasteiger partial charge >= 0.3 is 12.0 Å². The number of aromatic nitrogens is 2. The second kappa shape index (κ2) is 11.2. The summed E-state index contributed by atoms with van der Waals surface area (Å²) in [6, 6.07) is 13.0. The number of nitrogens with one attached hydrogen (secondary N) is 1. The molecule has 0 radical (unpaired) electrons. The highest BCUT2D eigenvalue weighted by Crippen LogP contribution is 2.38. The Balaban J connectivity index is 1.30. The number of carbonyl (C=O) groups is 2. The molecule has 0 saturated carbocycles. The van der Waals surface area contributed by atoms with Crippen LogP contribution >= 0.6 is 0 Å². The van der Waals surface area contributed by atoms with Crippen molar-refractivity contribution < 1.29 is 23.6 Å². The van der Waals surface area contributed by atoms with Crippen LogP contribution in [0.5, 0.6) is 5.75 Å². The van der Waals surface area contributed by atoms with Crippen molar-refractivity contribution in [3.05, 3.63) is 53.1 Å². The highest BCUT2D eigenvalue weighted by molar-refractivity contribution is 5.77. The summed E-state index contributed by atoms with van der Waals surface area (Å²) in [7, 11) is 1.40. The van der Waals surface area contributed by atoms with E-state index in [9.17, 15) is 14.9 Å². The summed E-state index contributed by atoms with van der Waals surface area (Å²) in [5, 5.41) is 16.9. The molecule has 0 bridgehead atoms. The number of piperidine rings is 1. The molecule has 2 aromatic carbocycles. The van der Waals surface area contributed by atoms with Gasteiger partial charge in [0.25, 0.3) is 5.89 Å². The number of esters is 1. The van der Waals surface area contributed by atoms with Crippen molar-refractivity contribution >= 4 is 12.0 Å². The van der Waals surface area contributed by atoms with Gasteiger partial charge in [0.1, 0.15) is 11.8 Å². The van der Waals surface area contributed by atoms with Crippen LogP contribution < -0.4 is 10.1 Å². The summed E-state index contributed by atoms with van der Waals surface area (Å²) in [6.07, 6.45) is 2.70. The van der Waals surface area contributed by atoms with Crippen LogP contribution in [0.2, 0.25) is 0 Å². The number of hydrogen-bond acceptors (Lipinski definition) is 8. The van der Waals surface area contributed by atoms with Gasteiger partial charge in [0.05, 0.1) is 30.7 Å². The van der Waals surface area contributed by atoms with Crippen LogP contribution in [-0.2, 0) is 16.0 Å². The fourth-order valence-corrected chi connectivity index (χ4v) is 5.30. The quantitative estimate of drug-likeness (QED) is 0.457. The number of rotatable bonds is 6. The van der Waals surface area contributed by atoms with Crippen molar-refractivity contribution in [2.24, 2.45) is 5.92 Å². The molecule has 10 nitrogen and oxygen atoms in total. The molecule has 10 heteroatoms. The highest BCUT2D eigenvalue weighted by Gasteiger charge is 2.32. The Hall–Kier alpha value is -4.39. The molecule has 1 atom stereocenters. The number of hydrogen-bond donors (Lipinski definition) is 1. The average molecular weight is 530 g/mol. The second-order valence-electron chi connectivity index (χ2n) is 10.1. The van der Waals surface area contributed by atoms with E-state index in [1.54, 1.807) is 23.1 Å². The third kappa shape index (κ3) is 5.43. The summed E-state index contributed by atoms with van der Waals surface area (Å²) in [5.41, 5.74) is 4.01. The molecule has 3 aromatic rings. The molecule has 39 heavy (non-hydrogen) atoms. The summed E-state index contributed by atoms with van der Waals surface area (Å²) >= 11 is 0. The topological polar surface area (TPSA) is 131 Å². The molecule has 1 aliphatic heterocycles. The first kappa shape index (κ1) is 26.2. The van der Waals surface area contributed by atoms with Crippen molar-refractivity contribution in [1.29, 1.82) is 5.26 Å². The largest absolute Gasteiger partial charge is 0.490 e. The number of nitrogens with zero attached hydrogens (tertiary/aromatic N) is 4. The fourth-order valence-electron chi connectivity index (χ4n) is 5.30. The van der Waals surface area contributed by atoms with E-state index in [1.807, 2.05) is 32.0 Å². The molecule has 1 fully saturated rings. The van der Waals surface area contributed by atoms with Gasteiger partial charge in [-0.3, -0.25) is 4.79 Å². The van der Waals surface area contributed by atoms with E-state index in [0.717, 1.165) is 29.5 Å². The molecule has 0 unspecified atom stereocenters. The lowest BCUT2D eigenvalue weighted by Gasteiger charge is -2.31. The van der Waals surface area contributed by atoms with Crippen molar-refractivity contribution in [1.82, 2.24) is 20.4 Å². The van der Waals surface area contributed by atoms with Gasteiger partial charge < -0.3 is 24.2 Å². The predicted molar refractivity (Wildman–Crippen MR) is 142 cm³/mol. The summed E-state index contributed by atoms with van der Waals surface area (Å²) < 4.78 is 16.1. The third-order valence-corrected chi connectivity index (χ3v) is 7.26. The lowest BCUT2D eigenvalue weighted by molar-refractivity contribution is -0.146. The van der Waals surface area contributed by atoms with E-state index in [-0.39, 0.29) is 30.1 Å². The number of likely N-dealkylation sites (tertiary alicyclic amines) is 1. The Kier molecular flexibility index (Phi) is 7.50. The minimum atomic E-state index is -0.209. The maximum atomic E-state index is 13.0. The van der Waals surface area contributed by atoms with Crippen LogP contribution in [0, 0.1) is 17.2 Å². The molecule has 2 aliphatic rings. The number of nitriles is 1. The summed E-state index contributed by atoms with van der Waals surface area (Å²) in [4.78, 5) is 31.2. The minimum absolute atomic E-state index is 0.0504. The van der Waals surface area contributed by atoms with Gasteiger partial charge in [-0.1, -0.05) is 23.4 Å². The number of benzene rings is 2. The van der Waals surface area contributed by atoms with Crippen molar-refractivity contribution in [3.63, 3.8) is 0 Å². The zero-order valence-corrected chi connectivity index (χ0v) is 22.3. The van der Waals surface area contributed by atoms with Gasteiger partial charge in [0.15, 0.2) is 0 Å². The Morgan fingerprint density at radius 3 is 2.69 bits per heavy atom. The fraction of sp³-hybridized carbons (Fsp3) is 0.414. The Bertz CT molecular complexity index is 1420. The first-order valence-corrected chi connectivity index (χ1v) is 13.2. The molecule has 1 saturated heterocycles. The van der Waals surface area contributed by atoms with Gasteiger partial charge in [0.2, 0.25) is 5.82 Å². The average Bonchev–Trinajstić information content (AvgIpc) is 3.60. The Morgan fingerprint density at radius 1 is 1.18 bits per heavy atom. The second-order valence-corrected chi connectivity index (χ2v) is 10.1. The molecule has 1 aliphatic carbocycles. The Morgan fingerprint density at radius 2 is 1.97 bits per heavy atom. The van der Waals surface area contributed by atoms with E-state index in [0.29, 0.717) is 54.5 Å². The first-order chi connectivity index (χ1) is 18.9. The highest BCUT2D eigenvalue weighted by atomic mass is 16.5. The molecular formula is C29H31N5O5. The lowest BCUT2D eigenvalue weighted by atomic mass is 9.97. The molecular weight excluding hydrogens is 498 g/mol. The third-order valence-electron chi connectivity index (χ3n) is 7.26. The molecule has 1 N–H and O–H groups in total. The van der Waals surface area contributed by atoms with Crippen LogP contribution in [0.15, 0.2) is 40.9 Å². The molecule has 202 valence electrons. The number of ether oxygens (including phenoxy) is 2. The van der Waals surface area contributed by atoms with E-state index < -0.39 is 0 Å². The van der Waals surface area contributed by atoms with Crippen LogP contribution in [0.3, 0.4) is 0 Å². The van der Waals surface area contributed by atoms with Crippen molar-refractivity contribution in [3.8, 4) is 34.7 Å². The van der Waals surface area contributed by atoms with Crippen LogP contribution in [0.25, 0.3) is 22.8 Å². The maximum Gasteiger partial charge on any atom is 0.317 e. The van der Waals surface area contributed by atoms with Gasteiger partial charge in [-0.25, -0.2) is 4.79 Å². The smallest absolute Gasteiger partial charge is 0.317 e. The van der Waals surface area contributed by atoms with E-state index in [2.05, 4.69) is 21.5 Å². The van der Waals surface area contributed by atoms with Crippen LogP contribution in [0.1, 0.15) is 55.8 Å². The normalized spacial score (nSPS) is 17.0. The number of amides is 2. The van der Waals surface area contributed by atoms with Crippen molar-refractivity contribution in [2.45, 2.75) is 51.7 Å². The standard InChI is InChI=1S/C29H31N5O5/c1-17(2)38-25-10-7-19(15-20(25)16-30)27-32-26(33-39-27)23-6-4-5-22-21(23)8-9-24(22)31-29(36)34-13-11-18(12-14-34)28(35)37-3/h4-7,10,15,17-18,24H,8-9,11-14H2,1-3H3,(H,31,36)/t24-/m1/s1. The number of urea groups is 1. The van der Waals surface area contributed by atoms with Gasteiger partial charge in [0, 0.05) is 24.2 Å². The predicted octanol–water partition coefficient (Wildman–Crippen LogP) is 4.64. The van der Waals surface area contributed by atoms with Gasteiger partial charge in [-0.15, -0.1) is 0 Å². The zero-order valence-electron chi connectivity index (χ0n) is 22.3. The number of carbonyl (C=O) groups excluding carboxylic acids is 2. The lowest BCUT2D eigenvalue weighted by Crippen LogP contribution is -2.46. The summed E-state index contributed by atoms with van der Waals surface area (Å²) in [5.74, 6) is 0.928. The molecule has 1 aromatic heterocycles. The monoisotopic (exact) mass is 529 g/mol.